The van der Waals surface area contributed by atoms with Crippen molar-refractivity contribution in [2.45, 2.75) is 25.6 Å². The van der Waals surface area contributed by atoms with Crippen LogP contribution in [0.1, 0.15) is 19.8 Å². The fourth-order valence-corrected chi connectivity index (χ4v) is 1.79. The van der Waals surface area contributed by atoms with Gasteiger partial charge in [-0.1, -0.05) is 6.58 Å². The number of hydrogen-bond acceptors (Lipinski definition) is 2. The number of rotatable bonds is 0. The van der Waals surface area contributed by atoms with Crippen LogP contribution in [0.2, 0.25) is 0 Å². The van der Waals surface area contributed by atoms with Gasteiger partial charge in [-0.25, -0.2) is 0 Å². The average molecular weight is 140 g/mol. The molecule has 0 aromatic carbocycles. The van der Waals surface area contributed by atoms with E-state index in [1.54, 1.807) is 0 Å². The summed E-state index contributed by atoms with van der Waals surface area (Å²) in [7, 11) is 0. The van der Waals surface area contributed by atoms with Gasteiger partial charge in [-0.2, -0.15) is 0 Å². The fourth-order valence-electron chi connectivity index (χ4n) is 1.79. The van der Waals surface area contributed by atoms with Gasteiger partial charge in [-0.15, -0.1) is 0 Å². The molecule has 2 unspecified atom stereocenters. The van der Waals surface area contributed by atoms with Gasteiger partial charge >= 0.3 is 0 Å². The highest BCUT2D eigenvalue weighted by Crippen LogP contribution is 2.44. The maximum atomic E-state index is 5.46. The smallest absolute Gasteiger partial charge is 0.210 e. The molecule has 2 heterocycles. The topological polar surface area (TPSA) is 18.5 Å². The predicted molar refractivity (Wildman–Crippen MR) is 37.3 cm³/mol. The molecule has 2 fully saturated rings. The molecule has 10 heavy (non-hydrogen) atoms. The molecule has 2 heteroatoms. The molecule has 0 radical (unpaired) electrons. The molecule has 0 aromatic rings. The van der Waals surface area contributed by atoms with E-state index in [9.17, 15) is 0 Å². The first-order valence-electron chi connectivity index (χ1n) is 3.71. The molecule has 56 valence electrons. The lowest BCUT2D eigenvalue weighted by Crippen LogP contribution is -2.27. The summed E-state index contributed by atoms with van der Waals surface area (Å²) in [5.74, 6) is 1.11. The quantitative estimate of drug-likeness (QED) is 0.509. The molecular formula is C8H12O2. The first kappa shape index (κ1) is 6.23. The zero-order valence-corrected chi connectivity index (χ0v) is 6.22. The van der Waals surface area contributed by atoms with Crippen LogP contribution in [-0.4, -0.2) is 12.4 Å². The molecule has 0 aromatic heterocycles. The third kappa shape index (κ3) is 0.686. The van der Waals surface area contributed by atoms with Crippen molar-refractivity contribution in [1.82, 2.24) is 0 Å². The Morgan fingerprint density at radius 1 is 1.70 bits per heavy atom. The van der Waals surface area contributed by atoms with Crippen LogP contribution in [0.4, 0.5) is 0 Å². The van der Waals surface area contributed by atoms with E-state index < -0.39 is 0 Å². The van der Waals surface area contributed by atoms with Crippen LogP contribution in [0.25, 0.3) is 0 Å². The van der Waals surface area contributed by atoms with Crippen LogP contribution in [0.3, 0.4) is 0 Å². The van der Waals surface area contributed by atoms with E-state index >= 15 is 0 Å². The second kappa shape index (κ2) is 1.76. The van der Waals surface area contributed by atoms with Gasteiger partial charge in [0, 0.05) is 19.3 Å². The summed E-state index contributed by atoms with van der Waals surface area (Å²) in [6, 6.07) is 0. The normalized spacial score (nSPS) is 45.3. The lowest BCUT2D eigenvalue weighted by atomic mass is 9.98. The summed E-state index contributed by atoms with van der Waals surface area (Å²) in [5, 5.41) is 0. The third-order valence-electron chi connectivity index (χ3n) is 2.42. The molecule has 2 saturated heterocycles. The lowest BCUT2D eigenvalue weighted by Gasteiger charge is -2.21. The zero-order valence-electron chi connectivity index (χ0n) is 6.22. The Bertz CT molecular complexity index is 176. The van der Waals surface area contributed by atoms with Crippen LogP contribution in [0.5, 0.6) is 0 Å². The van der Waals surface area contributed by atoms with Gasteiger partial charge < -0.3 is 9.47 Å². The van der Waals surface area contributed by atoms with Gasteiger partial charge in [0.15, 0.2) is 0 Å². The summed E-state index contributed by atoms with van der Waals surface area (Å²) in [4.78, 5) is 0. The van der Waals surface area contributed by atoms with Crippen LogP contribution in [0, 0.1) is 5.92 Å². The summed E-state index contributed by atoms with van der Waals surface area (Å²) in [6.07, 6.45) is 2.10. The highest BCUT2D eigenvalue weighted by Gasteiger charge is 2.47. The molecule has 2 aliphatic heterocycles. The first-order valence-corrected chi connectivity index (χ1v) is 3.71. The van der Waals surface area contributed by atoms with E-state index in [-0.39, 0.29) is 5.79 Å². The SMILES string of the molecule is C=C1CC2CCOC2(C)O1. The molecule has 0 amide bonds. The maximum Gasteiger partial charge on any atom is 0.210 e. The number of hydrogen-bond donors (Lipinski definition) is 0. The van der Waals surface area contributed by atoms with Crippen molar-refractivity contribution in [2.24, 2.45) is 5.92 Å². The predicted octanol–water partition coefficient (Wildman–Crippen LogP) is 1.67. The maximum absolute atomic E-state index is 5.46. The highest BCUT2D eigenvalue weighted by atomic mass is 16.7. The van der Waals surface area contributed by atoms with E-state index in [2.05, 4.69) is 6.58 Å². The molecule has 0 aliphatic carbocycles. The highest BCUT2D eigenvalue weighted by molar-refractivity contribution is 5.01. The van der Waals surface area contributed by atoms with E-state index in [4.69, 9.17) is 9.47 Å². The monoisotopic (exact) mass is 140 g/mol. The molecule has 2 atom stereocenters. The summed E-state index contributed by atoms with van der Waals surface area (Å²) >= 11 is 0. The summed E-state index contributed by atoms with van der Waals surface area (Å²) in [6.45, 7) is 6.62. The zero-order chi connectivity index (χ0) is 7.19. The molecular weight excluding hydrogens is 128 g/mol. The Balaban J connectivity index is 2.22. The number of ether oxygens (including phenoxy) is 2. The van der Waals surface area contributed by atoms with Gasteiger partial charge in [0.2, 0.25) is 5.79 Å². The molecule has 0 saturated carbocycles. The van der Waals surface area contributed by atoms with Crippen molar-refractivity contribution in [2.75, 3.05) is 6.61 Å². The Labute approximate surface area is 60.8 Å². The molecule has 2 aliphatic rings. The standard InChI is InChI=1S/C8H12O2/c1-6-5-7-3-4-9-8(7,2)10-6/h7H,1,3-5H2,2H3. The van der Waals surface area contributed by atoms with Gasteiger partial charge in [0.1, 0.15) is 0 Å². The summed E-state index contributed by atoms with van der Waals surface area (Å²) in [5.41, 5.74) is 0. The van der Waals surface area contributed by atoms with E-state index in [0.29, 0.717) is 5.92 Å². The lowest BCUT2D eigenvalue weighted by molar-refractivity contribution is -0.165. The number of allylic oxidation sites excluding steroid dienone is 1. The van der Waals surface area contributed by atoms with Gasteiger partial charge in [-0.05, 0) is 6.42 Å². The van der Waals surface area contributed by atoms with Crippen LogP contribution < -0.4 is 0 Å². The van der Waals surface area contributed by atoms with Gasteiger partial charge in [-0.3, -0.25) is 0 Å². The van der Waals surface area contributed by atoms with Crippen molar-refractivity contribution < 1.29 is 9.47 Å². The molecule has 0 bridgehead atoms. The summed E-state index contributed by atoms with van der Waals surface area (Å²) < 4.78 is 10.9. The Hall–Kier alpha value is -0.500. The Kier molecular flexibility index (Phi) is 1.09. The van der Waals surface area contributed by atoms with Crippen molar-refractivity contribution in [3.05, 3.63) is 12.3 Å². The van der Waals surface area contributed by atoms with E-state index in [0.717, 1.165) is 25.2 Å². The van der Waals surface area contributed by atoms with Crippen LogP contribution in [0.15, 0.2) is 12.3 Å². The largest absolute Gasteiger partial charge is 0.467 e. The molecule has 2 nitrogen and oxygen atoms in total. The minimum atomic E-state index is -0.322. The van der Waals surface area contributed by atoms with E-state index in [1.165, 1.54) is 0 Å². The van der Waals surface area contributed by atoms with Crippen molar-refractivity contribution in [3.8, 4) is 0 Å². The second-order valence-corrected chi connectivity index (χ2v) is 3.19. The number of fused-ring (bicyclic) bond motifs is 1. The molecule has 0 N–H and O–H groups in total. The van der Waals surface area contributed by atoms with Gasteiger partial charge in [0.05, 0.1) is 12.4 Å². The second-order valence-electron chi connectivity index (χ2n) is 3.19. The Morgan fingerprint density at radius 3 is 3.20 bits per heavy atom. The van der Waals surface area contributed by atoms with Crippen LogP contribution >= 0.6 is 0 Å². The molecule has 0 spiro atoms. The first-order chi connectivity index (χ1) is 4.71. The minimum absolute atomic E-state index is 0.322. The van der Waals surface area contributed by atoms with Gasteiger partial charge in [0.25, 0.3) is 0 Å². The van der Waals surface area contributed by atoms with Crippen LogP contribution in [-0.2, 0) is 9.47 Å². The fraction of sp³-hybridized carbons (Fsp3) is 0.750. The van der Waals surface area contributed by atoms with Crippen molar-refractivity contribution in [1.29, 1.82) is 0 Å². The van der Waals surface area contributed by atoms with Crippen molar-refractivity contribution in [3.63, 3.8) is 0 Å². The average Bonchev–Trinajstić information content (AvgIpc) is 2.20. The minimum Gasteiger partial charge on any atom is -0.467 e. The third-order valence-corrected chi connectivity index (χ3v) is 2.42. The molecule has 2 rings (SSSR count). The van der Waals surface area contributed by atoms with E-state index in [1.807, 2.05) is 6.92 Å². The van der Waals surface area contributed by atoms with Crippen molar-refractivity contribution >= 4 is 0 Å². The Morgan fingerprint density at radius 2 is 2.50 bits per heavy atom.